The Balaban J connectivity index is 2.13. The van der Waals surface area contributed by atoms with Gasteiger partial charge in [-0.25, -0.2) is 4.98 Å². The van der Waals surface area contributed by atoms with Gasteiger partial charge in [-0.3, -0.25) is 0 Å². The first-order valence-corrected chi connectivity index (χ1v) is 6.46. The van der Waals surface area contributed by atoms with Crippen molar-refractivity contribution in [1.29, 1.82) is 0 Å². The number of hydrogen-bond donors (Lipinski definition) is 1. The highest BCUT2D eigenvalue weighted by molar-refractivity contribution is 7.99. The third kappa shape index (κ3) is 3.35. The zero-order valence-electron chi connectivity index (χ0n) is 10.0. The number of rotatable bonds is 5. The molecule has 1 aromatic carbocycles. The summed E-state index contributed by atoms with van der Waals surface area (Å²) in [5.74, 6) is 0. The van der Waals surface area contributed by atoms with Crippen LogP contribution in [0.25, 0.3) is 0 Å². The quantitative estimate of drug-likeness (QED) is 0.825. The maximum Gasteiger partial charge on any atom is 0.256 e. The maximum atomic E-state index is 5.39. The van der Waals surface area contributed by atoms with Gasteiger partial charge in [-0.05, 0) is 19.5 Å². The van der Waals surface area contributed by atoms with Gasteiger partial charge in [-0.15, -0.1) is 0 Å². The minimum atomic E-state index is 0.319. The lowest BCUT2D eigenvalue weighted by molar-refractivity contribution is 0.452. The Morgan fingerprint density at radius 1 is 1.35 bits per heavy atom. The van der Waals surface area contributed by atoms with Crippen LogP contribution >= 0.6 is 11.8 Å². The number of oxazole rings is 1. The lowest BCUT2D eigenvalue weighted by Crippen LogP contribution is -2.14. The van der Waals surface area contributed by atoms with Crippen LogP contribution in [-0.4, -0.2) is 18.6 Å². The van der Waals surface area contributed by atoms with E-state index in [9.17, 15) is 0 Å². The van der Waals surface area contributed by atoms with Crippen LogP contribution in [0.4, 0.5) is 0 Å². The Kier molecular flexibility index (Phi) is 4.23. The third-order valence-corrected chi connectivity index (χ3v) is 3.51. The molecule has 0 saturated carbocycles. The number of aromatic nitrogens is 1. The summed E-state index contributed by atoms with van der Waals surface area (Å²) in [5.41, 5.74) is 2.20. The Morgan fingerprint density at radius 3 is 2.71 bits per heavy atom. The van der Waals surface area contributed by atoms with Crippen molar-refractivity contribution in [2.24, 2.45) is 0 Å². The van der Waals surface area contributed by atoms with Crippen LogP contribution in [0, 0.1) is 6.92 Å². The molecule has 0 aliphatic carbocycles. The number of hydrogen-bond acceptors (Lipinski definition) is 4. The Labute approximate surface area is 106 Å². The zero-order chi connectivity index (χ0) is 12.1. The molecular formula is C13H16N2OS. The molecule has 1 N–H and O–H groups in total. The summed E-state index contributed by atoms with van der Waals surface area (Å²) in [6.07, 6.45) is 1.68. The van der Waals surface area contributed by atoms with Crippen molar-refractivity contribution in [3.05, 3.63) is 47.9 Å². The van der Waals surface area contributed by atoms with Crippen molar-refractivity contribution in [3.63, 3.8) is 0 Å². The van der Waals surface area contributed by atoms with E-state index in [1.54, 1.807) is 18.0 Å². The zero-order valence-corrected chi connectivity index (χ0v) is 10.8. The van der Waals surface area contributed by atoms with Crippen molar-refractivity contribution >= 4 is 11.8 Å². The SMILES string of the molecule is CNCC(Sc1nc(C)co1)c1ccccc1. The van der Waals surface area contributed by atoms with Gasteiger partial charge in [0, 0.05) is 6.54 Å². The first-order chi connectivity index (χ1) is 8.29. The summed E-state index contributed by atoms with van der Waals surface area (Å²) in [4.78, 5) is 4.33. The molecule has 0 spiro atoms. The van der Waals surface area contributed by atoms with Crippen molar-refractivity contribution in [1.82, 2.24) is 10.3 Å². The average Bonchev–Trinajstić information content (AvgIpc) is 2.75. The first-order valence-electron chi connectivity index (χ1n) is 5.58. The van der Waals surface area contributed by atoms with Crippen LogP contribution in [0.15, 0.2) is 46.2 Å². The molecule has 1 aromatic heterocycles. The normalized spacial score (nSPS) is 12.6. The van der Waals surface area contributed by atoms with E-state index in [-0.39, 0.29) is 0 Å². The summed E-state index contributed by atoms with van der Waals surface area (Å²) in [6, 6.07) is 10.4. The maximum absolute atomic E-state index is 5.39. The number of thioether (sulfide) groups is 1. The second-order valence-corrected chi connectivity index (χ2v) is 4.98. The summed E-state index contributed by atoms with van der Waals surface area (Å²) >= 11 is 1.65. The van der Waals surface area contributed by atoms with E-state index in [1.165, 1.54) is 5.56 Å². The van der Waals surface area contributed by atoms with Gasteiger partial charge in [0.2, 0.25) is 0 Å². The molecule has 1 atom stereocenters. The van der Waals surface area contributed by atoms with E-state index >= 15 is 0 Å². The van der Waals surface area contributed by atoms with Gasteiger partial charge >= 0.3 is 0 Å². The lowest BCUT2D eigenvalue weighted by Gasteiger charge is -2.14. The number of nitrogens with one attached hydrogen (secondary N) is 1. The van der Waals surface area contributed by atoms with Gasteiger partial charge in [0.05, 0.1) is 10.9 Å². The van der Waals surface area contributed by atoms with Gasteiger partial charge in [-0.2, -0.15) is 0 Å². The molecule has 1 heterocycles. The van der Waals surface area contributed by atoms with Crippen LogP contribution in [0.2, 0.25) is 0 Å². The van der Waals surface area contributed by atoms with Gasteiger partial charge < -0.3 is 9.73 Å². The fourth-order valence-electron chi connectivity index (χ4n) is 1.59. The smallest absolute Gasteiger partial charge is 0.256 e. The standard InChI is InChI=1S/C13H16N2OS/c1-10-9-16-13(15-10)17-12(8-14-2)11-6-4-3-5-7-11/h3-7,9,12,14H,8H2,1-2H3. The molecule has 0 saturated heterocycles. The highest BCUT2D eigenvalue weighted by Crippen LogP contribution is 2.33. The lowest BCUT2D eigenvalue weighted by atomic mass is 10.1. The fourth-order valence-corrected chi connectivity index (χ4v) is 2.68. The number of likely N-dealkylation sites (N-methyl/N-ethyl adjacent to an activating group) is 1. The summed E-state index contributed by atoms with van der Waals surface area (Å²) < 4.78 is 5.39. The molecule has 3 nitrogen and oxygen atoms in total. The Bertz CT molecular complexity index is 455. The molecule has 17 heavy (non-hydrogen) atoms. The molecule has 0 amide bonds. The molecule has 0 aliphatic rings. The monoisotopic (exact) mass is 248 g/mol. The molecule has 0 fully saturated rings. The summed E-state index contributed by atoms with van der Waals surface area (Å²) in [6.45, 7) is 2.82. The van der Waals surface area contributed by atoms with E-state index in [2.05, 4.69) is 34.6 Å². The van der Waals surface area contributed by atoms with Crippen LogP contribution < -0.4 is 5.32 Å². The predicted molar refractivity (Wildman–Crippen MR) is 70.2 cm³/mol. The number of nitrogens with zero attached hydrogens (tertiary/aromatic N) is 1. The number of aryl methyl sites for hydroxylation is 1. The molecule has 1 unspecified atom stereocenters. The number of benzene rings is 1. The van der Waals surface area contributed by atoms with E-state index in [4.69, 9.17) is 4.42 Å². The van der Waals surface area contributed by atoms with Crippen molar-refractivity contribution in [3.8, 4) is 0 Å². The van der Waals surface area contributed by atoms with Gasteiger partial charge in [0.15, 0.2) is 0 Å². The minimum Gasteiger partial charge on any atom is -0.440 e. The summed E-state index contributed by atoms with van der Waals surface area (Å²) in [5, 5.41) is 4.25. The molecule has 2 rings (SSSR count). The molecule has 4 heteroatoms. The molecule has 0 bridgehead atoms. The van der Waals surface area contributed by atoms with E-state index in [0.29, 0.717) is 5.25 Å². The fraction of sp³-hybridized carbons (Fsp3) is 0.308. The second-order valence-electron chi connectivity index (χ2n) is 3.83. The van der Waals surface area contributed by atoms with Crippen LogP contribution in [0.3, 0.4) is 0 Å². The molecule has 90 valence electrons. The Morgan fingerprint density at radius 2 is 2.12 bits per heavy atom. The van der Waals surface area contributed by atoms with Crippen LogP contribution in [0.1, 0.15) is 16.5 Å². The topological polar surface area (TPSA) is 38.1 Å². The molecule has 0 radical (unpaired) electrons. The Hall–Kier alpha value is -1.26. The van der Waals surface area contributed by atoms with Crippen LogP contribution in [-0.2, 0) is 0 Å². The first kappa shape index (κ1) is 12.2. The average molecular weight is 248 g/mol. The van der Waals surface area contributed by atoms with Crippen molar-refractivity contribution in [2.75, 3.05) is 13.6 Å². The molecule has 2 aromatic rings. The third-order valence-electron chi connectivity index (χ3n) is 2.40. The van der Waals surface area contributed by atoms with Gasteiger partial charge in [0.1, 0.15) is 6.26 Å². The van der Waals surface area contributed by atoms with E-state index < -0.39 is 0 Å². The largest absolute Gasteiger partial charge is 0.440 e. The van der Waals surface area contributed by atoms with Crippen LogP contribution in [0.5, 0.6) is 0 Å². The molecular weight excluding hydrogens is 232 g/mol. The highest BCUT2D eigenvalue weighted by atomic mass is 32.2. The van der Waals surface area contributed by atoms with Gasteiger partial charge in [-0.1, -0.05) is 42.1 Å². The predicted octanol–water partition coefficient (Wildman–Crippen LogP) is 3.04. The van der Waals surface area contributed by atoms with Crippen molar-refractivity contribution < 1.29 is 4.42 Å². The minimum absolute atomic E-state index is 0.319. The molecule has 0 aliphatic heterocycles. The van der Waals surface area contributed by atoms with E-state index in [1.807, 2.05) is 20.0 Å². The van der Waals surface area contributed by atoms with E-state index in [0.717, 1.165) is 17.5 Å². The summed E-state index contributed by atoms with van der Waals surface area (Å²) in [7, 11) is 1.96. The highest BCUT2D eigenvalue weighted by Gasteiger charge is 2.15. The van der Waals surface area contributed by atoms with Crippen molar-refractivity contribution in [2.45, 2.75) is 17.4 Å². The van der Waals surface area contributed by atoms with Gasteiger partial charge in [0.25, 0.3) is 5.22 Å². The second kappa shape index (κ2) is 5.89.